The molecule has 0 aliphatic rings. The predicted octanol–water partition coefficient (Wildman–Crippen LogP) is 11.7. The number of hydrogen-bond donors (Lipinski definition) is 0. The van der Waals surface area contributed by atoms with Crippen molar-refractivity contribution in [3.63, 3.8) is 0 Å². The SMILES string of the molecule is CC(C)(C)OC(=O)n1ccc2c(-c3ccc(-n4c5ccccc5c5ccccc54)cc3)nc(-c3ccc(-n4c5ccccc5c5ccccc54)cc3)nc21. The summed E-state index contributed by atoms with van der Waals surface area (Å²) < 4.78 is 11.9. The van der Waals surface area contributed by atoms with Crippen LogP contribution in [0.1, 0.15) is 20.8 Å². The highest BCUT2D eigenvalue weighted by Gasteiger charge is 2.23. The van der Waals surface area contributed by atoms with E-state index in [1.165, 1.54) is 26.1 Å². The number of carbonyl (C=O) groups is 1. The summed E-state index contributed by atoms with van der Waals surface area (Å²) in [6, 6.07) is 52.6. The van der Waals surface area contributed by atoms with E-state index >= 15 is 0 Å². The summed E-state index contributed by atoms with van der Waals surface area (Å²) in [4.78, 5) is 23.7. The maximum atomic E-state index is 13.5. The highest BCUT2D eigenvalue weighted by Crippen LogP contribution is 2.36. The van der Waals surface area contributed by atoms with Crippen molar-refractivity contribution in [2.45, 2.75) is 26.4 Å². The summed E-state index contributed by atoms with van der Waals surface area (Å²) >= 11 is 0. The second-order valence-electron chi connectivity index (χ2n) is 14.6. The molecule has 0 atom stereocenters. The summed E-state index contributed by atoms with van der Waals surface area (Å²) in [6.45, 7) is 5.58. The Balaban J connectivity index is 1.11. The molecular weight excluding hydrogens is 667 g/mol. The average Bonchev–Trinajstić information content (AvgIpc) is 3.88. The predicted molar refractivity (Wildman–Crippen MR) is 219 cm³/mol. The van der Waals surface area contributed by atoms with Crippen molar-refractivity contribution in [3.8, 4) is 34.0 Å². The molecule has 7 nitrogen and oxygen atoms in total. The maximum absolute atomic E-state index is 13.5. The van der Waals surface area contributed by atoms with Gasteiger partial charge in [0.1, 0.15) is 5.60 Å². The first-order valence-corrected chi connectivity index (χ1v) is 18.1. The Labute approximate surface area is 311 Å². The highest BCUT2D eigenvalue weighted by molar-refractivity contribution is 6.10. The van der Waals surface area contributed by atoms with Gasteiger partial charge in [-0.3, -0.25) is 0 Å². The van der Waals surface area contributed by atoms with Crippen LogP contribution in [0.3, 0.4) is 0 Å². The molecule has 0 spiro atoms. The van der Waals surface area contributed by atoms with Gasteiger partial charge in [-0.25, -0.2) is 19.3 Å². The first-order valence-electron chi connectivity index (χ1n) is 18.1. The van der Waals surface area contributed by atoms with Gasteiger partial charge in [-0.1, -0.05) is 84.9 Å². The summed E-state index contributed by atoms with van der Waals surface area (Å²) in [7, 11) is 0. The molecule has 0 amide bonds. The van der Waals surface area contributed by atoms with Gasteiger partial charge in [0, 0.05) is 55.6 Å². The molecule has 0 N–H and O–H groups in total. The van der Waals surface area contributed by atoms with Crippen LogP contribution in [0.25, 0.3) is 88.7 Å². The van der Waals surface area contributed by atoms with Crippen molar-refractivity contribution in [1.29, 1.82) is 0 Å². The van der Waals surface area contributed by atoms with Crippen molar-refractivity contribution in [2.24, 2.45) is 0 Å². The van der Waals surface area contributed by atoms with Crippen LogP contribution in [-0.4, -0.2) is 35.4 Å². The fourth-order valence-corrected chi connectivity index (χ4v) is 7.75. The molecule has 0 unspecified atom stereocenters. The van der Waals surface area contributed by atoms with Crippen molar-refractivity contribution in [2.75, 3.05) is 0 Å². The molecule has 0 bridgehead atoms. The number of nitrogens with zero attached hydrogens (tertiary/aromatic N) is 5. The number of rotatable bonds is 4. The minimum Gasteiger partial charge on any atom is -0.443 e. The minimum absolute atomic E-state index is 0.488. The van der Waals surface area contributed by atoms with E-state index in [0.29, 0.717) is 11.5 Å². The normalized spacial score (nSPS) is 12.1. The third kappa shape index (κ3) is 5.08. The van der Waals surface area contributed by atoms with Gasteiger partial charge in [0.2, 0.25) is 0 Å². The Morgan fingerprint density at radius 3 is 1.37 bits per heavy atom. The molecule has 0 aliphatic heterocycles. The third-order valence-corrected chi connectivity index (χ3v) is 10.1. The van der Waals surface area contributed by atoms with Crippen molar-refractivity contribution >= 4 is 60.7 Å². The van der Waals surface area contributed by atoms with Gasteiger partial charge in [0.15, 0.2) is 11.5 Å². The molecule has 6 aromatic carbocycles. The highest BCUT2D eigenvalue weighted by atomic mass is 16.6. The quantitative estimate of drug-likeness (QED) is 0.183. The summed E-state index contributed by atoms with van der Waals surface area (Å²) in [6.07, 6.45) is 1.23. The molecule has 0 saturated heterocycles. The molecule has 0 saturated carbocycles. The molecule has 10 rings (SSSR count). The van der Waals surface area contributed by atoms with Crippen LogP contribution in [-0.2, 0) is 4.74 Å². The summed E-state index contributed by atoms with van der Waals surface area (Å²) in [5.41, 5.74) is 8.98. The Morgan fingerprint density at radius 1 is 0.500 bits per heavy atom. The van der Waals surface area contributed by atoms with E-state index in [1.54, 1.807) is 6.20 Å². The minimum atomic E-state index is -0.669. The lowest BCUT2D eigenvalue weighted by molar-refractivity contribution is 0.0543. The van der Waals surface area contributed by atoms with Crippen LogP contribution in [0.4, 0.5) is 4.79 Å². The Kier molecular flexibility index (Phi) is 7.07. The van der Waals surface area contributed by atoms with Crippen LogP contribution >= 0.6 is 0 Å². The second-order valence-corrected chi connectivity index (χ2v) is 14.6. The van der Waals surface area contributed by atoms with Crippen LogP contribution < -0.4 is 0 Å². The lowest BCUT2D eigenvalue weighted by Gasteiger charge is -2.19. The molecule has 0 radical (unpaired) electrons. The van der Waals surface area contributed by atoms with Gasteiger partial charge in [-0.2, -0.15) is 0 Å². The molecule has 10 aromatic rings. The maximum Gasteiger partial charge on any atom is 0.420 e. The summed E-state index contributed by atoms with van der Waals surface area (Å²) in [5, 5.41) is 5.61. The first-order chi connectivity index (χ1) is 26.3. The Bertz CT molecular complexity index is 2960. The number of carbonyl (C=O) groups excluding carboxylic acids is 1. The molecular formula is C47H35N5O2. The molecule has 0 fully saturated rings. The van der Waals surface area contributed by atoms with Gasteiger partial charge in [-0.15, -0.1) is 0 Å². The van der Waals surface area contributed by atoms with E-state index in [4.69, 9.17) is 14.7 Å². The summed E-state index contributed by atoms with van der Waals surface area (Å²) in [5.74, 6) is 0.515. The van der Waals surface area contributed by atoms with E-state index in [9.17, 15) is 4.79 Å². The number of ether oxygens (including phenoxy) is 1. The van der Waals surface area contributed by atoms with E-state index in [2.05, 4.69) is 155 Å². The lowest BCUT2D eigenvalue weighted by Crippen LogP contribution is -2.26. The van der Waals surface area contributed by atoms with Crippen LogP contribution in [0.2, 0.25) is 0 Å². The number of aromatic nitrogens is 5. The van der Waals surface area contributed by atoms with Crippen molar-refractivity contribution in [1.82, 2.24) is 23.7 Å². The lowest BCUT2D eigenvalue weighted by atomic mass is 10.1. The average molecular weight is 702 g/mol. The van der Waals surface area contributed by atoms with Gasteiger partial charge in [-0.05, 0) is 87.5 Å². The molecule has 4 heterocycles. The Morgan fingerprint density at radius 2 is 0.926 bits per heavy atom. The molecule has 0 aliphatic carbocycles. The number of para-hydroxylation sites is 4. The van der Waals surface area contributed by atoms with Gasteiger partial charge >= 0.3 is 6.09 Å². The fourth-order valence-electron chi connectivity index (χ4n) is 7.75. The van der Waals surface area contributed by atoms with E-state index in [1.807, 2.05) is 26.8 Å². The zero-order chi connectivity index (χ0) is 36.6. The van der Waals surface area contributed by atoms with Gasteiger partial charge in [0.05, 0.1) is 27.8 Å². The topological polar surface area (TPSA) is 66.9 Å². The smallest absolute Gasteiger partial charge is 0.420 e. The van der Waals surface area contributed by atoms with Gasteiger partial charge < -0.3 is 13.9 Å². The Hall–Kier alpha value is -6.99. The standard InChI is InChI=1S/C47H35N5O2/c1-47(2,3)54-46(53)50-29-28-38-43(30-20-24-32(25-21-30)51-39-16-8-4-12-34(39)35-13-5-9-17-40(35)51)48-44(49-45(38)50)31-22-26-33(27-23-31)52-41-18-10-6-14-36(41)37-15-7-11-19-42(37)52/h4-29H,1-3H3. The van der Waals surface area contributed by atoms with E-state index in [0.717, 1.165) is 55.6 Å². The third-order valence-electron chi connectivity index (χ3n) is 10.1. The van der Waals surface area contributed by atoms with E-state index < -0.39 is 11.7 Å². The van der Waals surface area contributed by atoms with Crippen molar-refractivity contribution < 1.29 is 9.53 Å². The number of benzene rings is 6. The number of hydrogen-bond acceptors (Lipinski definition) is 4. The van der Waals surface area contributed by atoms with Crippen molar-refractivity contribution in [3.05, 3.63) is 158 Å². The first kappa shape index (κ1) is 31.7. The number of fused-ring (bicyclic) bond motifs is 7. The fraction of sp³-hybridized carbons (Fsp3) is 0.0851. The largest absolute Gasteiger partial charge is 0.443 e. The molecule has 260 valence electrons. The zero-order valence-corrected chi connectivity index (χ0v) is 30.1. The van der Waals surface area contributed by atoms with Crippen LogP contribution in [0.15, 0.2) is 158 Å². The molecule has 7 heteroatoms. The van der Waals surface area contributed by atoms with Gasteiger partial charge in [0.25, 0.3) is 0 Å². The zero-order valence-electron chi connectivity index (χ0n) is 30.1. The monoisotopic (exact) mass is 701 g/mol. The van der Waals surface area contributed by atoms with E-state index in [-0.39, 0.29) is 0 Å². The molecule has 54 heavy (non-hydrogen) atoms. The van der Waals surface area contributed by atoms with Crippen LogP contribution in [0.5, 0.6) is 0 Å². The van der Waals surface area contributed by atoms with Crippen LogP contribution in [0, 0.1) is 0 Å². The second kappa shape index (κ2) is 12.0. The molecule has 4 aromatic heterocycles.